The number of fused-ring (bicyclic) bond motifs is 4. The topological polar surface area (TPSA) is 6.48 Å². The number of anilines is 6. The van der Waals surface area contributed by atoms with Gasteiger partial charge in [-0.05, 0) is 70.0 Å². The van der Waals surface area contributed by atoms with Gasteiger partial charge in [-0.2, -0.15) is 0 Å². The van der Waals surface area contributed by atoms with Crippen LogP contribution in [0.5, 0.6) is 0 Å². The van der Waals surface area contributed by atoms with Gasteiger partial charge in [0.1, 0.15) is 0 Å². The molecule has 0 unspecified atom stereocenters. The van der Waals surface area contributed by atoms with E-state index in [2.05, 4.69) is 175 Å². The van der Waals surface area contributed by atoms with Crippen molar-refractivity contribution in [2.24, 2.45) is 0 Å². The first-order valence-corrected chi connectivity index (χ1v) is 14.8. The van der Waals surface area contributed by atoms with Gasteiger partial charge in [0.2, 0.25) is 0 Å². The van der Waals surface area contributed by atoms with Gasteiger partial charge in [0, 0.05) is 39.5 Å². The number of hydrogen-bond acceptors (Lipinski definition) is 2. The minimum absolute atomic E-state index is 0.119. The monoisotopic (exact) mass is 538 g/mol. The van der Waals surface area contributed by atoms with Gasteiger partial charge in [-0.15, -0.1) is 0 Å². The molecule has 0 saturated carbocycles. The maximum atomic E-state index is 2.52. The van der Waals surface area contributed by atoms with E-state index in [0.29, 0.717) is 0 Å². The maximum absolute atomic E-state index is 2.52. The van der Waals surface area contributed by atoms with Crippen LogP contribution in [0, 0.1) is 0 Å². The molecule has 0 fully saturated rings. The van der Waals surface area contributed by atoms with Crippen LogP contribution < -0.4 is 26.2 Å². The Kier molecular flexibility index (Phi) is 5.62. The van der Waals surface area contributed by atoms with E-state index in [4.69, 9.17) is 0 Å². The SMILES string of the molecule is CC(C)(c1ccccc1)c1ccc2c3c1N(c1ccccc1)c1ccccc1B3c1ccccc1N2c1ccccc1. The smallest absolute Gasteiger partial charge is 0.252 e. The van der Waals surface area contributed by atoms with Crippen LogP contribution in [0.1, 0.15) is 25.0 Å². The van der Waals surface area contributed by atoms with E-state index in [-0.39, 0.29) is 12.1 Å². The van der Waals surface area contributed by atoms with E-state index in [1.807, 2.05) is 0 Å². The first-order valence-electron chi connectivity index (χ1n) is 14.8. The second-order valence-electron chi connectivity index (χ2n) is 11.8. The van der Waals surface area contributed by atoms with Crippen molar-refractivity contribution in [3.05, 3.63) is 163 Å². The first kappa shape index (κ1) is 24.8. The fraction of sp³-hybridized carbons (Fsp3) is 0.0769. The van der Waals surface area contributed by atoms with Crippen LogP contribution in [0.4, 0.5) is 34.1 Å². The van der Waals surface area contributed by atoms with Gasteiger partial charge in [0.15, 0.2) is 0 Å². The number of nitrogens with zero attached hydrogens (tertiary/aromatic N) is 2. The molecule has 2 nitrogen and oxygen atoms in total. The summed E-state index contributed by atoms with van der Waals surface area (Å²) in [6.07, 6.45) is 0. The van der Waals surface area contributed by atoms with E-state index < -0.39 is 0 Å². The van der Waals surface area contributed by atoms with Crippen molar-refractivity contribution >= 4 is 57.2 Å². The lowest BCUT2D eigenvalue weighted by atomic mass is 9.33. The molecule has 2 aliphatic heterocycles. The van der Waals surface area contributed by atoms with E-state index in [0.717, 1.165) is 0 Å². The van der Waals surface area contributed by atoms with Crippen LogP contribution in [0.15, 0.2) is 152 Å². The molecule has 0 bridgehead atoms. The minimum Gasteiger partial charge on any atom is -0.311 e. The van der Waals surface area contributed by atoms with Gasteiger partial charge in [0.25, 0.3) is 6.71 Å². The Morgan fingerprint density at radius 1 is 0.452 bits per heavy atom. The summed E-state index contributed by atoms with van der Waals surface area (Å²) >= 11 is 0. The third-order valence-electron chi connectivity index (χ3n) is 9.12. The molecule has 0 saturated heterocycles. The van der Waals surface area contributed by atoms with Gasteiger partial charge in [-0.25, -0.2) is 0 Å². The Bertz CT molecular complexity index is 1900. The highest BCUT2D eigenvalue weighted by Crippen LogP contribution is 2.48. The summed E-state index contributed by atoms with van der Waals surface area (Å²) in [6.45, 7) is 4.85. The molecule has 3 heteroatoms. The standard InChI is InChI=1S/C39H31BN2/c1-39(2,28-16-6-3-7-17-28)31-26-27-36-37-38(31)42(30-20-10-5-11-21-30)35-25-15-13-23-33(35)40(37)32-22-12-14-24-34(32)41(36)29-18-8-4-9-19-29/h3-27H,1-2H3. The molecule has 0 spiro atoms. The fourth-order valence-electron chi connectivity index (χ4n) is 7.13. The predicted octanol–water partition coefficient (Wildman–Crippen LogP) is 8.10. The zero-order valence-electron chi connectivity index (χ0n) is 23.9. The lowest BCUT2D eigenvalue weighted by molar-refractivity contribution is 0.642. The van der Waals surface area contributed by atoms with Crippen molar-refractivity contribution in [3.8, 4) is 0 Å². The average molecular weight is 539 g/mol. The number of hydrogen-bond donors (Lipinski definition) is 0. The van der Waals surface area contributed by atoms with Gasteiger partial charge >= 0.3 is 0 Å². The summed E-state index contributed by atoms with van der Waals surface area (Å²) in [6, 6.07) is 55.3. The Labute approximate surface area is 248 Å². The fourth-order valence-corrected chi connectivity index (χ4v) is 7.13. The quantitative estimate of drug-likeness (QED) is 0.209. The van der Waals surface area contributed by atoms with Crippen LogP contribution in [-0.4, -0.2) is 6.71 Å². The Morgan fingerprint density at radius 2 is 0.929 bits per heavy atom. The summed E-state index contributed by atoms with van der Waals surface area (Å²) in [7, 11) is 0. The van der Waals surface area contributed by atoms with Crippen molar-refractivity contribution < 1.29 is 0 Å². The van der Waals surface area contributed by atoms with Gasteiger partial charge in [0.05, 0.1) is 0 Å². The molecule has 0 aromatic heterocycles. The third-order valence-corrected chi connectivity index (χ3v) is 9.12. The third kappa shape index (κ3) is 3.60. The molecule has 2 aliphatic rings. The molecule has 2 heterocycles. The van der Waals surface area contributed by atoms with Crippen molar-refractivity contribution in [2.75, 3.05) is 9.80 Å². The predicted molar refractivity (Wildman–Crippen MR) is 179 cm³/mol. The van der Waals surface area contributed by atoms with Crippen LogP contribution >= 0.6 is 0 Å². The zero-order chi connectivity index (χ0) is 28.3. The van der Waals surface area contributed by atoms with Crippen LogP contribution in [0.25, 0.3) is 0 Å². The highest BCUT2D eigenvalue weighted by Gasteiger charge is 2.45. The molecular formula is C39H31BN2. The van der Waals surface area contributed by atoms with E-state index >= 15 is 0 Å². The lowest BCUT2D eigenvalue weighted by Crippen LogP contribution is -2.61. The summed E-state index contributed by atoms with van der Waals surface area (Å²) < 4.78 is 0. The minimum atomic E-state index is -0.232. The first-order chi connectivity index (χ1) is 20.6. The van der Waals surface area contributed by atoms with Crippen molar-refractivity contribution in [1.82, 2.24) is 0 Å². The number of para-hydroxylation sites is 4. The molecule has 6 aromatic carbocycles. The van der Waals surface area contributed by atoms with E-state index in [9.17, 15) is 0 Å². The molecule has 0 atom stereocenters. The Balaban J connectivity index is 1.52. The molecule has 8 rings (SSSR count). The Morgan fingerprint density at radius 3 is 1.52 bits per heavy atom. The number of benzene rings is 6. The van der Waals surface area contributed by atoms with E-state index in [1.54, 1.807) is 0 Å². The molecule has 0 amide bonds. The Hall–Kier alpha value is -5.02. The number of rotatable bonds is 4. The molecule has 200 valence electrons. The van der Waals surface area contributed by atoms with Crippen LogP contribution in [0.3, 0.4) is 0 Å². The average Bonchev–Trinajstić information content (AvgIpc) is 3.05. The van der Waals surface area contributed by atoms with Crippen LogP contribution in [0.2, 0.25) is 0 Å². The second kappa shape index (κ2) is 9.53. The highest BCUT2D eigenvalue weighted by atomic mass is 15.2. The summed E-state index contributed by atoms with van der Waals surface area (Å²) in [5, 5.41) is 0. The largest absolute Gasteiger partial charge is 0.311 e. The molecule has 0 N–H and O–H groups in total. The molecule has 42 heavy (non-hydrogen) atoms. The van der Waals surface area contributed by atoms with Gasteiger partial charge in [-0.3, -0.25) is 0 Å². The lowest BCUT2D eigenvalue weighted by Gasteiger charge is -2.46. The highest BCUT2D eigenvalue weighted by molar-refractivity contribution is 7.00. The molecular weight excluding hydrogens is 507 g/mol. The zero-order valence-corrected chi connectivity index (χ0v) is 23.9. The van der Waals surface area contributed by atoms with Gasteiger partial charge < -0.3 is 9.80 Å². The normalized spacial score (nSPS) is 13.3. The molecule has 6 aromatic rings. The van der Waals surface area contributed by atoms with Crippen molar-refractivity contribution in [2.45, 2.75) is 19.3 Å². The van der Waals surface area contributed by atoms with Crippen LogP contribution in [-0.2, 0) is 5.41 Å². The summed E-state index contributed by atoms with van der Waals surface area (Å²) in [4.78, 5) is 4.98. The molecule has 0 aliphatic carbocycles. The van der Waals surface area contributed by atoms with Crippen molar-refractivity contribution in [1.29, 1.82) is 0 Å². The summed E-state index contributed by atoms with van der Waals surface area (Å²) in [5.74, 6) is 0. The summed E-state index contributed by atoms with van der Waals surface area (Å²) in [5.41, 5.74) is 13.8. The molecule has 0 radical (unpaired) electrons. The van der Waals surface area contributed by atoms with Gasteiger partial charge in [-0.1, -0.05) is 123 Å². The van der Waals surface area contributed by atoms with Crippen molar-refractivity contribution in [3.63, 3.8) is 0 Å². The maximum Gasteiger partial charge on any atom is 0.252 e. The second-order valence-corrected chi connectivity index (χ2v) is 11.8. The van der Waals surface area contributed by atoms with E-state index in [1.165, 1.54) is 61.6 Å².